The maximum absolute atomic E-state index is 11.4. The molecule has 1 fully saturated rings. The van der Waals surface area contributed by atoms with Crippen LogP contribution in [0.3, 0.4) is 0 Å². The van der Waals surface area contributed by atoms with Crippen LogP contribution in [0.1, 0.15) is 13.8 Å². The third-order valence-electron chi connectivity index (χ3n) is 3.79. The highest BCUT2D eigenvalue weighted by atomic mass is 127. The zero-order valence-electron chi connectivity index (χ0n) is 14.7. The Balaban J connectivity index is 0.00000312. The zero-order chi connectivity index (χ0) is 17.4. The van der Waals surface area contributed by atoms with Gasteiger partial charge in [-0.3, -0.25) is 4.79 Å². The largest absolute Gasteiger partial charge is 0.492 e. The molecule has 140 valence electrons. The molecule has 0 aliphatic carbocycles. The van der Waals surface area contributed by atoms with Gasteiger partial charge in [-0.15, -0.1) is 24.0 Å². The van der Waals surface area contributed by atoms with E-state index in [1.54, 1.807) is 6.92 Å². The van der Waals surface area contributed by atoms with Crippen molar-refractivity contribution in [2.24, 2.45) is 4.99 Å². The number of benzene rings is 1. The lowest BCUT2D eigenvalue weighted by atomic mass is 10.3. The van der Waals surface area contributed by atoms with E-state index in [0.717, 1.165) is 48.9 Å². The summed E-state index contributed by atoms with van der Waals surface area (Å²) in [6.07, 6.45) is 0. The summed E-state index contributed by atoms with van der Waals surface area (Å²) in [6.45, 7) is 8.71. The highest BCUT2D eigenvalue weighted by Gasteiger charge is 2.20. The molecule has 0 unspecified atom stereocenters. The lowest BCUT2D eigenvalue weighted by Gasteiger charge is -2.36. The van der Waals surface area contributed by atoms with E-state index >= 15 is 0 Å². The van der Waals surface area contributed by atoms with Gasteiger partial charge < -0.3 is 19.9 Å². The Hall–Kier alpha value is -1.03. The minimum absolute atomic E-state index is 0. The number of halogens is 2. The number of carbonyl (C=O) groups is 1. The predicted octanol–water partition coefficient (Wildman–Crippen LogP) is 2.58. The normalized spacial score (nSPS) is 14.8. The maximum Gasteiger partial charge on any atom is 0.219 e. The molecular weight excluding hydrogens is 499 g/mol. The molecule has 25 heavy (non-hydrogen) atoms. The lowest BCUT2D eigenvalue weighted by molar-refractivity contribution is -0.130. The lowest BCUT2D eigenvalue weighted by Crippen LogP contribution is -2.53. The molecule has 0 spiro atoms. The highest BCUT2D eigenvalue weighted by molar-refractivity contribution is 14.0. The first-order chi connectivity index (χ1) is 11.6. The van der Waals surface area contributed by atoms with Gasteiger partial charge in [0.15, 0.2) is 5.96 Å². The minimum Gasteiger partial charge on any atom is -0.492 e. The van der Waals surface area contributed by atoms with Crippen LogP contribution in [0.5, 0.6) is 5.75 Å². The molecule has 1 aliphatic heterocycles. The number of aliphatic imine (C=N–C) groups is 1. The van der Waals surface area contributed by atoms with E-state index < -0.39 is 0 Å². The average Bonchev–Trinajstić information content (AvgIpc) is 2.59. The number of piperazine rings is 1. The SMILES string of the molecule is CCNC(=NCCOc1ccc(Br)cc1)N1CCN(C(C)=O)CC1.I. The molecule has 8 heteroatoms. The molecule has 1 aromatic rings. The predicted molar refractivity (Wildman–Crippen MR) is 115 cm³/mol. The molecule has 2 rings (SSSR count). The van der Waals surface area contributed by atoms with Gasteiger partial charge in [0.05, 0.1) is 6.54 Å². The number of amides is 1. The number of hydrogen-bond acceptors (Lipinski definition) is 3. The topological polar surface area (TPSA) is 57.2 Å². The molecule has 0 aromatic heterocycles. The second-order valence-corrected chi connectivity index (χ2v) is 6.45. The molecule has 0 bridgehead atoms. The summed E-state index contributed by atoms with van der Waals surface area (Å²) in [6, 6.07) is 7.77. The number of rotatable bonds is 5. The van der Waals surface area contributed by atoms with Crippen molar-refractivity contribution in [3.8, 4) is 5.75 Å². The van der Waals surface area contributed by atoms with E-state index in [-0.39, 0.29) is 29.9 Å². The van der Waals surface area contributed by atoms with Crippen LogP contribution < -0.4 is 10.1 Å². The van der Waals surface area contributed by atoms with Crippen molar-refractivity contribution in [3.63, 3.8) is 0 Å². The summed E-state index contributed by atoms with van der Waals surface area (Å²) in [5.74, 6) is 1.87. The zero-order valence-corrected chi connectivity index (χ0v) is 18.6. The Morgan fingerprint density at radius 3 is 2.36 bits per heavy atom. The van der Waals surface area contributed by atoms with Crippen LogP contribution in [0.15, 0.2) is 33.7 Å². The van der Waals surface area contributed by atoms with Crippen LogP contribution >= 0.6 is 39.9 Å². The van der Waals surface area contributed by atoms with Crippen molar-refractivity contribution in [2.75, 3.05) is 45.9 Å². The van der Waals surface area contributed by atoms with E-state index in [2.05, 4.69) is 38.1 Å². The number of ether oxygens (including phenoxy) is 1. The van der Waals surface area contributed by atoms with Crippen LogP contribution in [-0.4, -0.2) is 67.5 Å². The molecule has 0 atom stereocenters. The van der Waals surface area contributed by atoms with Gasteiger partial charge in [0.25, 0.3) is 0 Å². The molecule has 0 saturated carbocycles. The fraction of sp³-hybridized carbons (Fsp3) is 0.529. The van der Waals surface area contributed by atoms with Crippen LogP contribution in [0.25, 0.3) is 0 Å². The van der Waals surface area contributed by atoms with Crippen molar-refractivity contribution in [1.29, 1.82) is 0 Å². The van der Waals surface area contributed by atoms with E-state index in [9.17, 15) is 4.79 Å². The summed E-state index contributed by atoms with van der Waals surface area (Å²) >= 11 is 3.41. The summed E-state index contributed by atoms with van der Waals surface area (Å²) in [5.41, 5.74) is 0. The van der Waals surface area contributed by atoms with Crippen molar-refractivity contribution in [3.05, 3.63) is 28.7 Å². The van der Waals surface area contributed by atoms with E-state index in [1.165, 1.54) is 0 Å². The molecule has 0 radical (unpaired) electrons. The van der Waals surface area contributed by atoms with Gasteiger partial charge in [0.2, 0.25) is 5.91 Å². The number of nitrogens with one attached hydrogen (secondary N) is 1. The molecule has 6 nitrogen and oxygen atoms in total. The quantitative estimate of drug-likeness (QED) is 0.278. The molecule has 1 aromatic carbocycles. The Bertz CT molecular complexity index is 560. The van der Waals surface area contributed by atoms with Crippen molar-refractivity contribution in [1.82, 2.24) is 15.1 Å². The first-order valence-electron chi connectivity index (χ1n) is 8.27. The monoisotopic (exact) mass is 524 g/mol. The molecule has 1 aliphatic rings. The molecule has 1 saturated heterocycles. The first-order valence-corrected chi connectivity index (χ1v) is 9.06. The van der Waals surface area contributed by atoms with Crippen LogP contribution in [0.2, 0.25) is 0 Å². The standard InChI is InChI=1S/C17H25BrN4O2.HI/c1-3-19-17(22-11-9-21(10-12-22)14(2)23)20-8-13-24-16-6-4-15(18)5-7-16;/h4-7H,3,8-13H2,1-2H3,(H,19,20);1H. The van der Waals surface area contributed by atoms with Crippen LogP contribution in [-0.2, 0) is 4.79 Å². The van der Waals surface area contributed by atoms with Gasteiger partial charge >= 0.3 is 0 Å². The number of guanidine groups is 1. The smallest absolute Gasteiger partial charge is 0.219 e. The third-order valence-corrected chi connectivity index (χ3v) is 4.32. The minimum atomic E-state index is 0. The van der Waals surface area contributed by atoms with Gasteiger partial charge in [-0.1, -0.05) is 15.9 Å². The fourth-order valence-electron chi connectivity index (χ4n) is 2.50. The van der Waals surface area contributed by atoms with Crippen LogP contribution in [0, 0.1) is 0 Å². The maximum atomic E-state index is 11.4. The first kappa shape index (κ1) is 22.0. The Kier molecular flexibility index (Phi) is 10.2. The fourth-order valence-corrected chi connectivity index (χ4v) is 2.77. The van der Waals surface area contributed by atoms with Crippen molar-refractivity contribution < 1.29 is 9.53 Å². The van der Waals surface area contributed by atoms with E-state index in [4.69, 9.17) is 4.74 Å². The molecule has 1 N–H and O–H groups in total. The Labute approximate surface area is 175 Å². The molecule has 1 heterocycles. The van der Waals surface area contributed by atoms with E-state index in [1.807, 2.05) is 29.2 Å². The number of nitrogens with zero attached hydrogens (tertiary/aromatic N) is 3. The Morgan fingerprint density at radius 1 is 1.20 bits per heavy atom. The van der Waals surface area contributed by atoms with Gasteiger partial charge in [-0.2, -0.15) is 0 Å². The van der Waals surface area contributed by atoms with Crippen molar-refractivity contribution in [2.45, 2.75) is 13.8 Å². The van der Waals surface area contributed by atoms with Crippen molar-refractivity contribution >= 4 is 51.8 Å². The van der Waals surface area contributed by atoms with Gasteiger partial charge in [-0.25, -0.2) is 4.99 Å². The number of hydrogen-bond donors (Lipinski definition) is 1. The Morgan fingerprint density at radius 2 is 1.80 bits per heavy atom. The average molecular weight is 525 g/mol. The number of carbonyl (C=O) groups excluding carboxylic acids is 1. The van der Waals surface area contributed by atoms with Gasteiger partial charge in [0, 0.05) is 44.1 Å². The highest BCUT2D eigenvalue weighted by Crippen LogP contribution is 2.15. The van der Waals surface area contributed by atoms with E-state index in [0.29, 0.717) is 13.2 Å². The summed E-state index contributed by atoms with van der Waals surface area (Å²) < 4.78 is 6.73. The molecule has 1 amide bonds. The third kappa shape index (κ3) is 7.39. The van der Waals surface area contributed by atoms with Gasteiger partial charge in [-0.05, 0) is 31.2 Å². The second kappa shape index (κ2) is 11.6. The van der Waals surface area contributed by atoms with Gasteiger partial charge in [0.1, 0.15) is 12.4 Å². The van der Waals surface area contributed by atoms with Crippen LogP contribution in [0.4, 0.5) is 0 Å². The molecular formula is C17H26BrIN4O2. The summed E-state index contributed by atoms with van der Waals surface area (Å²) in [7, 11) is 0. The second-order valence-electron chi connectivity index (χ2n) is 5.53. The summed E-state index contributed by atoms with van der Waals surface area (Å²) in [5, 5.41) is 3.31. The summed E-state index contributed by atoms with van der Waals surface area (Å²) in [4.78, 5) is 20.1.